The smallest absolute Gasteiger partial charge is 0.224 e. The Morgan fingerprint density at radius 3 is 2.68 bits per heavy atom. The SMILES string of the molecule is CCC(=O)N1CCC[C@@H](C(=O)NCCOCC(=O)C(C)C)C1. The Labute approximate surface area is 132 Å². The Morgan fingerprint density at radius 2 is 2.05 bits per heavy atom. The lowest BCUT2D eigenvalue weighted by atomic mass is 9.97. The summed E-state index contributed by atoms with van der Waals surface area (Å²) in [7, 11) is 0. The van der Waals surface area contributed by atoms with Crippen molar-refractivity contribution < 1.29 is 19.1 Å². The standard InChI is InChI=1S/C16H28N2O4/c1-4-15(20)18-8-5-6-13(10-18)16(21)17-7-9-22-11-14(19)12(2)3/h12-13H,4-11H2,1-3H3,(H,17,21)/t13-/m1/s1. The first kappa shape index (κ1) is 18.6. The molecule has 1 saturated heterocycles. The van der Waals surface area contributed by atoms with Crippen molar-refractivity contribution in [2.24, 2.45) is 11.8 Å². The highest BCUT2D eigenvalue weighted by atomic mass is 16.5. The third kappa shape index (κ3) is 6.13. The molecule has 0 saturated carbocycles. The molecule has 126 valence electrons. The molecule has 2 amide bonds. The van der Waals surface area contributed by atoms with Gasteiger partial charge in [0.15, 0.2) is 5.78 Å². The van der Waals surface area contributed by atoms with Crippen molar-refractivity contribution in [2.75, 3.05) is 32.8 Å². The van der Waals surface area contributed by atoms with E-state index in [0.717, 1.165) is 19.4 Å². The third-order valence-corrected chi connectivity index (χ3v) is 3.88. The third-order valence-electron chi connectivity index (χ3n) is 3.88. The molecule has 1 N–H and O–H groups in total. The number of hydrogen-bond acceptors (Lipinski definition) is 4. The number of likely N-dealkylation sites (tertiary alicyclic amines) is 1. The molecule has 0 radical (unpaired) electrons. The molecule has 1 aliphatic heterocycles. The fourth-order valence-electron chi connectivity index (χ4n) is 2.37. The van der Waals surface area contributed by atoms with Crippen LogP contribution in [0, 0.1) is 11.8 Å². The first-order valence-corrected chi connectivity index (χ1v) is 8.11. The van der Waals surface area contributed by atoms with Gasteiger partial charge in [-0.15, -0.1) is 0 Å². The van der Waals surface area contributed by atoms with Crippen molar-refractivity contribution in [3.63, 3.8) is 0 Å². The predicted octanol–water partition coefficient (Wildman–Crippen LogP) is 0.993. The van der Waals surface area contributed by atoms with Crippen LogP contribution in [0.25, 0.3) is 0 Å². The molecule has 0 bridgehead atoms. The van der Waals surface area contributed by atoms with E-state index in [9.17, 15) is 14.4 Å². The maximum absolute atomic E-state index is 12.1. The second-order valence-electron chi connectivity index (χ2n) is 6.00. The van der Waals surface area contributed by atoms with E-state index in [0.29, 0.717) is 26.1 Å². The zero-order valence-corrected chi connectivity index (χ0v) is 13.9. The van der Waals surface area contributed by atoms with Crippen molar-refractivity contribution in [3.05, 3.63) is 0 Å². The molecule has 0 aromatic heterocycles. The van der Waals surface area contributed by atoms with Crippen LogP contribution in [0.15, 0.2) is 0 Å². The molecule has 22 heavy (non-hydrogen) atoms. The average molecular weight is 312 g/mol. The van der Waals surface area contributed by atoms with Gasteiger partial charge >= 0.3 is 0 Å². The first-order valence-electron chi connectivity index (χ1n) is 8.11. The molecule has 6 heteroatoms. The van der Waals surface area contributed by atoms with Gasteiger partial charge in [0.1, 0.15) is 6.61 Å². The normalized spacial score (nSPS) is 18.4. The highest BCUT2D eigenvalue weighted by molar-refractivity contribution is 5.82. The van der Waals surface area contributed by atoms with E-state index >= 15 is 0 Å². The van der Waals surface area contributed by atoms with Gasteiger partial charge in [0.05, 0.1) is 12.5 Å². The topological polar surface area (TPSA) is 75.7 Å². The van der Waals surface area contributed by atoms with Crippen molar-refractivity contribution in [1.29, 1.82) is 0 Å². The molecular weight excluding hydrogens is 284 g/mol. The van der Waals surface area contributed by atoms with Crippen molar-refractivity contribution in [1.82, 2.24) is 10.2 Å². The van der Waals surface area contributed by atoms with Gasteiger partial charge in [-0.2, -0.15) is 0 Å². The number of carbonyl (C=O) groups is 3. The molecule has 0 unspecified atom stereocenters. The van der Waals surface area contributed by atoms with Crippen LogP contribution in [0.1, 0.15) is 40.0 Å². The molecular formula is C16H28N2O4. The fraction of sp³-hybridized carbons (Fsp3) is 0.812. The van der Waals surface area contributed by atoms with Gasteiger partial charge in [0.2, 0.25) is 11.8 Å². The van der Waals surface area contributed by atoms with Gasteiger partial charge in [-0.3, -0.25) is 14.4 Å². The number of Topliss-reactive ketones (excluding diaryl/α,β-unsaturated/α-hetero) is 1. The summed E-state index contributed by atoms with van der Waals surface area (Å²) in [5, 5.41) is 2.82. The van der Waals surface area contributed by atoms with Crippen LogP contribution in [-0.4, -0.2) is 55.3 Å². The number of ether oxygens (including phenoxy) is 1. The lowest BCUT2D eigenvalue weighted by Gasteiger charge is -2.31. The van der Waals surface area contributed by atoms with E-state index in [2.05, 4.69) is 5.32 Å². The predicted molar refractivity (Wildman–Crippen MR) is 83.3 cm³/mol. The monoisotopic (exact) mass is 312 g/mol. The summed E-state index contributed by atoms with van der Waals surface area (Å²) in [6.07, 6.45) is 2.15. The number of amides is 2. The number of ketones is 1. The molecule has 1 atom stereocenters. The van der Waals surface area contributed by atoms with Crippen LogP contribution in [0.3, 0.4) is 0 Å². The summed E-state index contributed by atoms with van der Waals surface area (Å²) in [6, 6.07) is 0. The number of nitrogens with one attached hydrogen (secondary N) is 1. The minimum Gasteiger partial charge on any atom is -0.372 e. The van der Waals surface area contributed by atoms with Gasteiger partial charge in [0, 0.05) is 32.0 Å². The van der Waals surface area contributed by atoms with Crippen molar-refractivity contribution >= 4 is 17.6 Å². The number of piperidine rings is 1. The van der Waals surface area contributed by atoms with Crippen LogP contribution in [-0.2, 0) is 19.1 Å². The first-order chi connectivity index (χ1) is 10.5. The second-order valence-corrected chi connectivity index (χ2v) is 6.00. The van der Waals surface area contributed by atoms with E-state index in [-0.39, 0.29) is 36.0 Å². The summed E-state index contributed by atoms with van der Waals surface area (Å²) in [6.45, 7) is 7.57. The minimum absolute atomic E-state index is 0.0288. The summed E-state index contributed by atoms with van der Waals surface area (Å²) in [5.74, 6) is -0.0341. The Balaban J connectivity index is 2.22. The average Bonchev–Trinajstić information content (AvgIpc) is 2.53. The molecule has 0 aromatic rings. The van der Waals surface area contributed by atoms with Gasteiger partial charge in [-0.1, -0.05) is 20.8 Å². The van der Waals surface area contributed by atoms with E-state index in [1.165, 1.54) is 0 Å². The molecule has 0 aliphatic carbocycles. The molecule has 0 aromatic carbocycles. The Bertz CT molecular complexity index is 396. The molecule has 1 rings (SSSR count). The fourth-order valence-corrected chi connectivity index (χ4v) is 2.37. The minimum atomic E-state index is -0.137. The van der Waals surface area contributed by atoms with Crippen LogP contribution in [0.4, 0.5) is 0 Å². The Kier molecular flexibility index (Phi) is 8.09. The summed E-state index contributed by atoms with van der Waals surface area (Å²) in [4.78, 5) is 36.9. The summed E-state index contributed by atoms with van der Waals surface area (Å²) >= 11 is 0. The number of hydrogen-bond donors (Lipinski definition) is 1. The Morgan fingerprint density at radius 1 is 1.32 bits per heavy atom. The summed E-state index contributed by atoms with van der Waals surface area (Å²) < 4.78 is 5.24. The van der Waals surface area contributed by atoms with Crippen LogP contribution >= 0.6 is 0 Å². The number of nitrogens with zero attached hydrogens (tertiary/aromatic N) is 1. The van der Waals surface area contributed by atoms with Gasteiger partial charge in [-0.25, -0.2) is 0 Å². The molecule has 0 spiro atoms. The van der Waals surface area contributed by atoms with E-state index in [4.69, 9.17) is 4.74 Å². The molecule has 1 aliphatic rings. The van der Waals surface area contributed by atoms with Crippen LogP contribution in [0.2, 0.25) is 0 Å². The number of rotatable bonds is 8. The second kappa shape index (κ2) is 9.56. The Hall–Kier alpha value is -1.43. The lowest BCUT2D eigenvalue weighted by molar-refractivity contribution is -0.135. The van der Waals surface area contributed by atoms with Gasteiger partial charge in [0.25, 0.3) is 0 Å². The van der Waals surface area contributed by atoms with Crippen LogP contribution in [0.5, 0.6) is 0 Å². The molecule has 1 fully saturated rings. The molecule has 6 nitrogen and oxygen atoms in total. The van der Waals surface area contributed by atoms with Crippen molar-refractivity contribution in [3.8, 4) is 0 Å². The van der Waals surface area contributed by atoms with E-state index in [1.807, 2.05) is 20.8 Å². The zero-order chi connectivity index (χ0) is 16.5. The lowest BCUT2D eigenvalue weighted by Crippen LogP contribution is -2.45. The van der Waals surface area contributed by atoms with Gasteiger partial charge < -0.3 is 15.0 Å². The quantitative estimate of drug-likeness (QED) is 0.678. The highest BCUT2D eigenvalue weighted by Crippen LogP contribution is 2.17. The van der Waals surface area contributed by atoms with Crippen molar-refractivity contribution in [2.45, 2.75) is 40.0 Å². The molecule has 1 heterocycles. The largest absolute Gasteiger partial charge is 0.372 e. The van der Waals surface area contributed by atoms with E-state index in [1.54, 1.807) is 4.90 Å². The maximum atomic E-state index is 12.1. The zero-order valence-electron chi connectivity index (χ0n) is 13.9. The number of carbonyl (C=O) groups excluding carboxylic acids is 3. The van der Waals surface area contributed by atoms with Crippen LogP contribution < -0.4 is 5.32 Å². The van der Waals surface area contributed by atoms with Gasteiger partial charge in [-0.05, 0) is 12.8 Å². The summed E-state index contributed by atoms with van der Waals surface area (Å²) in [5.41, 5.74) is 0. The highest BCUT2D eigenvalue weighted by Gasteiger charge is 2.27. The van der Waals surface area contributed by atoms with E-state index < -0.39 is 0 Å². The maximum Gasteiger partial charge on any atom is 0.224 e.